The third-order valence-corrected chi connectivity index (χ3v) is 5.50. The summed E-state index contributed by atoms with van der Waals surface area (Å²) in [5, 5.41) is 4.19. The van der Waals surface area contributed by atoms with Gasteiger partial charge in [-0.15, -0.1) is 0 Å². The van der Waals surface area contributed by atoms with Gasteiger partial charge in [0.25, 0.3) is 0 Å². The molecule has 0 saturated carbocycles. The number of rotatable bonds is 5. The summed E-state index contributed by atoms with van der Waals surface area (Å²) < 4.78 is 17.2. The Morgan fingerprint density at radius 1 is 1.03 bits per heavy atom. The van der Waals surface area contributed by atoms with Gasteiger partial charge in [-0.3, -0.25) is 5.32 Å². The van der Waals surface area contributed by atoms with Gasteiger partial charge in [-0.1, -0.05) is 42.5 Å². The van der Waals surface area contributed by atoms with E-state index in [1.54, 1.807) is 39.0 Å². The predicted molar refractivity (Wildman–Crippen MR) is 129 cm³/mol. The maximum absolute atomic E-state index is 12.4. The van der Waals surface area contributed by atoms with Crippen LogP contribution in [0.5, 0.6) is 5.75 Å². The first-order valence-corrected chi connectivity index (χ1v) is 10.8. The summed E-state index contributed by atoms with van der Waals surface area (Å²) in [5.41, 5.74) is 1.28. The van der Waals surface area contributed by atoms with E-state index in [9.17, 15) is 9.59 Å². The molecule has 0 saturated heterocycles. The SMILES string of the molecule is COC(=O)c1cccc2c(I)c(NC(=O)OC(C)(C)C)cc(OCc3ccccc3)c12. The molecular formula is C24H24INO5. The van der Waals surface area contributed by atoms with Crippen LogP contribution in [-0.2, 0) is 16.1 Å². The number of nitrogens with one attached hydrogen (secondary N) is 1. The van der Waals surface area contributed by atoms with E-state index in [1.165, 1.54) is 7.11 Å². The zero-order valence-corrected chi connectivity index (χ0v) is 20.0. The highest BCUT2D eigenvalue weighted by Crippen LogP contribution is 2.38. The van der Waals surface area contributed by atoms with E-state index in [0.717, 1.165) is 14.5 Å². The first kappa shape index (κ1) is 22.9. The molecule has 1 amide bonds. The summed E-state index contributed by atoms with van der Waals surface area (Å²) in [6, 6.07) is 16.8. The van der Waals surface area contributed by atoms with Gasteiger partial charge in [-0.05, 0) is 55.0 Å². The number of fused-ring (bicyclic) bond motifs is 1. The minimum Gasteiger partial charge on any atom is -0.488 e. The van der Waals surface area contributed by atoms with E-state index in [-0.39, 0.29) is 0 Å². The molecule has 0 aliphatic rings. The van der Waals surface area contributed by atoms with Crippen molar-refractivity contribution in [2.75, 3.05) is 12.4 Å². The summed E-state index contributed by atoms with van der Waals surface area (Å²) in [7, 11) is 1.34. The Balaban J connectivity index is 2.08. The van der Waals surface area contributed by atoms with E-state index in [1.807, 2.05) is 36.4 Å². The minimum atomic E-state index is -0.628. The van der Waals surface area contributed by atoms with Crippen molar-refractivity contribution in [2.24, 2.45) is 0 Å². The Labute approximate surface area is 195 Å². The Kier molecular flexibility index (Phi) is 7.04. The first-order chi connectivity index (χ1) is 14.7. The largest absolute Gasteiger partial charge is 0.488 e. The zero-order chi connectivity index (χ0) is 22.6. The van der Waals surface area contributed by atoms with Gasteiger partial charge in [0.2, 0.25) is 0 Å². The molecule has 6 nitrogen and oxygen atoms in total. The van der Waals surface area contributed by atoms with Crippen LogP contribution in [0.15, 0.2) is 54.6 Å². The van der Waals surface area contributed by atoms with Crippen LogP contribution in [0.2, 0.25) is 0 Å². The lowest BCUT2D eigenvalue weighted by Gasteiger charge is -2.21. The molecule has 0 radical (unpaired) electrons. The Hall–Kier alpha value is -2.81. The van der Waals surface area contributed by atoms with Crippen molar-refractivity contribution >= 4 is 51.1 Å². The second-order valence-corrected chi connectivity index (χ2v) is 8.94. The quantitative estimate of drug-likeness (QED) is 0.314. The molecule has 3 rings (SSSR count). The number of hydrogen-bond acceptors (Lipinski definition) is 5. The number of methoxy groups -OCH3 is 1. The van der Waals surface area contributed by atoms with Gasteiger partial charge < -0.3 is 14.2 Å². The van der Waals surface area contributed by atoms with Crippen molar-refractivity contribution in [2.45, 2.75) is 33.0 Å². The van der Waals surface area contributed by atoms with Crippen LogP contribution in [0, 0.1) is 3.57 Å². The van der Waals surface area contributed by atoms with Crippen molar-refractivity contribution < 1.29 is 23.8 Å². The van der Waals surface area contributed by atoms with Crippen molar-refractivity contribution in [3.63, 3.8) is 0 Å². The normalized spacial score (nSPS) is 11.1. The lowest BCUT2D eigenvalue weighted by molar-refractivity contribution is 0.0599. The van der Waals surface area contributed by atoms with Crippen LogP contribution >= 0.6 is 22.6 Å². The number of hydrogen-bond donors (Lipinski definition) is 1. The molecule has 0 bridgehead atoms. The van der Waals surface area contributed by atoms with Crippen LogP contribution in [0.4, 0.5) is 10.5 Å². The number of benzene rings is 3. The summed E-state index contributed by atoms with van der Waals surface area (Å²) in [4.78, 5) is 24.8. The van der Waals surface area contributed by atoms with Gasteiger partial charge in [0.05, 0.1) is 18.4 Å². The van der Waals surface area contributed by atoms with Gasteiger partial charge in [0, 0.05) is 20.4 Å². The molecule has 1 N–H and O–H groups in total. The van der Waals surface area contributed by atoms with Gasteiger partial charge in [0.15, 0.2) is 0 Å². The molecule has 0 fully saturated rings. The second kappa shape index (κ2) is 9.55. The number of ether oxygens (including phenoxy) is 3. The third kappa shape index (κ3) is 5.66. The van der Waals surface area contributed by atoms with Crippen molar-refractivity contribution in [3.8, 4) is 5.75 Å². The van der Waals surface area contributed by atoms with E-state index in [2.05, 4.69) is 27.9 Å². The molecule has 3 aromatic rings. The minimum absolute atomic E-state index is 0.303. The Morgan fingerprint density at radius 3 is 2.39 bits per heavy atom. The van der Waals surface area contributed by atoms with Crippen LogP contribution in [0.1, 0.15) is 36.7 Å². The number of esters is 1. The summed E-state index contributed by atoms with van der Waals surface area (Å²) in [5.74, 6) is 0.00476. The van der Waals surface area contributed by atoms with Crippen LogP contribution in [0.3, 0.4) is 0 Å². The number of anilines is 1. The summed E-state index contributed by atoms with van der Waals surface area (Å²) in [6.07, 6.45) is -0.567. The molecule has 0 aromatic heterocycles. The van der Waals surface area contributed by atoms with Gasteiger partial charge in [0.1, 0.15) is 18.0 Å². The molecule has 0 aliphatic carbocycles. The van der Waals surface area contributed by atoms with Crippen molar-refractivity contribution in [1.82, 2.24) is 0 Å². The molecule has 7 heteroatoms. The highest BCUT2D eigenvalue weighted by molar-refractivity contribution is 14.1. The van der Waals surface area contributed by atoms with Crippen LogP contribution < -0.4 is 10.1 Å². The van der Waals surface area contributed by atoms with Crippen LogP contribution in [0.25, 0.3) is 10.8 Å². The standard InChI is InChI=1S/C24H24INO5/c1-24(2,3)31-23(28)26-18-13-19(30-14-15-9-6-5-7-10-15)20-16(21(18)25)11-8-12-17(20)22(27)29-4/h5-13H,14H2,1-4H3,(H,26,28). The fourth-order valence-corrected chi connectivity index (χ4v) is 3.79. The molecule has 31 heavy (non-hydrogen) atoms. The molecule has 162 valence electrons. The second-order valence-electron chi connectivity index (χ2n) is 7.86. The fourth-order valence-electron chi connectivity index (χ4n) is 3.05. The fraction of sp³-hybridized carbons (Fsp3) is 0.250. The molecule has 3 aromatic carbocycles. The van der Waals surface area contributed by atoms with E-state index in [4.69, 9.17) is 14.2 Å². The lowest BCUT2D eigenvalue weighted by atomic mass is 10.0. The zero-order valence-electron chi connectivity index (χ0n) is 17.8. The number of halogens is 1. The number of carbonyl (C=O) groups is 2. The molecule has 0 atom stereocenters. The lowest BCUT2D eigenvalue weighted by Crippen LogP contribution is -2.27. The number of carbonyl (C=O) groups excluding carboxylic acids is 2. The Morgan fingerprint density at radius 2 is 1.74 bits per heavy atom. The monoisotopic (exact) mass is 533 g/mol. The van der Waals surface area contributed by atoms with E-state index in [0.29, 0.717) is 29.0 Å². The van der Waals surface area contributed by atoms with E-state index >= 15 is 0 Å². The molecule has 0 unspecified atom stereocenters. The third-order valence-electron chi connectivity index (χ3n) is 4.34. The van der Waals surface area contributed by atoms with Gasteiger partial charge >= 0.3 is 12.1 Å². The number of amides is 1. The van der Waals surface area contributed by atoms with Crippen LogP contribution in [-0.4, -0.2) is 24.8 Å². The first-order valence-electron chi connectivity index (χ1n) is 9.70. The topological polar surface area (TPSA) is 73.9 Å². The molecule has 0 heterocycles. The van der Waals surface area contributed by atoms with Crippen molar-refractivity contribution in [3.05, 3.63) is 69.3 Å². The Bertz CT molecular complexity index is 1110. The maximum Gasteiger partial charge on any atom is 0.412 e. The molecule has 0 spiro atoms. The average Bonchev–Trinajstić information content (AvgIpc) is 2.73. The smallest absolute Gasteiger partial charge is 0.412 e. The highest BCUT2D eigenvalue weighted by Gasteiger charge is 2.22. The molecule has 0 aliphatic heterocycles. The van der Waals surface area contributed by atoms with Crippen molar-refractivity contribution in [1.29, 1.82) is 0 Å². The highest BCUT2D eigenvalue weighted by atomic mass is 127. The summed E-state index contributed by atoms with van der Waals surface area (Å²) in [6.45, 7) is 5.71. The average molecular weight is 533 g/mol. The maximum atomic E-state index is 12.4. The van der Waals surface area contributed by atoms with Gasteiger partial charge in [-0.25, -0.2) is 9.59 Å². The van der Waals surface area contributed by atoms with Gasteiger partial charge in [-0.2, -0.15) is 0 Å². The predicted octanol–water partition coefficient (Wildman–Crippen LogP) is 6.16. The summed E-state index contributed by atoms with van der Waals surface area (Å²) >= 11 is 2.14. The molecular weight excluding hydrogens is 509 g/mol. The van der Waals surface area contributed by atoms with E-state index < -0.39 is 17.7 Å².